The van der Waals surface area contributed by atoms with Gasteiger partial charge in [0.15, 0.2) is 6.61 Å². The summed E-state index contributed by atoms with van der Waals surface area (Å²) in [6.07, 6.45) is 5.97. The molecule has 1 N–H and O–H groups in total. The highest BCUT2D eigenvalue weighted by atomic mass is 16.5. The number of likely N-dealkylation sites (tertiary alicyclic amines) is 1. The van der Waals surface area contributed by atoms with E-state index in [0.717, 1.165) is 66.1 Å². The van der Waals surface area contributed by atoms with Crippen LogP contribution in [0.15, 0.2) is 42.5 Å². The molecule has 4 rings (SSSR count). The second-order valence-corrected chi connectivity index (χ2v) is 9.41. The molecule has 0 bridgehead atoms. The Morgan fingerprint density at radius 1 is 1.03 bits per heavy atom. The van der Waals surface area contributed by atoms with E-state index < -0.39 is 0 Å². The number of imidazole rings is 1. The smallest absolute Gasteiger partial charge is 0.257 e. The van der Waals surface area contributed by atoms with Gasteiger partial charge in [0, 0.05) is 26.1 Å². The minimum absolute atomic E-state index is 0.00680. The number of para-hydroxylation sites is 2. The average molecular weight is 477 g/mol. The highest BCUT2D eigenvalue weighted by molar-refractivity contribution is 5.81. The van der Waals surface area contributed by atoms with Crippen molar-refractivity contribution in [1.29, 1.82) is 0 Å². The lowest BCUT2D eigenvalue weighted by Crippen LogP contribution is -2.35. The second-order valence-electron chi connectivity index (χ2n) is 9.41. The number of aromatic nitrogens is 2. The zero-order chi connectivity index (χ0) is 24.6. The van der Waals surface area contributed by atoms with Crippen LogP contribution >= 0.6 is 0 Å². The normalized spacial score (nSPS) is 14.1. The molecule has 3 aromatic rings. The van der Waals surface area contributed by atoms with Crippen LogP contribution in [-0.4, -0.2) is 52.5 Å². The van der Waals surface area contributed by atoms with Crippen LogP contribution in [0.3, 0.4) is 0 Å². The third-order valence-electron chi connectivity index (χ3n) is 6.59. The summed E-state index contributed by atoms with van der Waals surface area (Å²) >= 11 is 0. The van der Waals surface area contributed by atoms with Crippen molar-refractivity contribution in [3.63, 3.8) is 0 Å². The monoisotopic (exact) mass is 476 g/mol. The summed E-state index contributed by atoms with van der Waals surface area (Å²) in [5.74, 6) is 1.64. The number of carbonyl (C=O) groups is 2. The molecule has 186 valence electrons. The predicted molar refractivity (Wildman–Crippen MR) is 138 cm³/mol. The first-order valence-corrected chi connectivity index (χ1v) is 12.7. The molecule has 35 heavy (non-hydrogen) atoms. The Hall–Kier alpha value is -3.35. The summed E-state index contributed by atoms with van der Waals surface area (Å²) in [6, 6.07) is 13.9. The standard InChI is InChI=1S/C28H36N4O3/c1-21-13-14-22(2)25(18-21)35-20-27(33)29-15-9-12-26-30-23-10-5-6-11-24(23)32(26)19-28(34)31-16-7-3-4-8-17-31/h5-6,10-11,13-14,18H,3-4,7-9,12,15-17,19-20H2,1-2H3,(H,29,33). The van der Waals surface area contributed by atoms with Crippen molar-refractivity contribution in [1.82, 2.24) is 19.8 Å². The minimum atomic E-state index is -0.143. The van der Waals surface area contributed by atoms with Gasteiger partial charge in [-0.3, -0.25) is 9.59 Å². The van der Waals surface area contributed by atoms with E-state index in [1.165, 1.54) is 12.8 Å². The predicted octanol–water partition coefficient (Wildman–Crippen LogP) is 4.18. The maximum absolute atomic E-state index is 13.1. The Balaban J connectivity index is 1.32. The molecule has 1 aliphatic rings. The Bertz CT molecular complexity index is 1160. The van der Waals surface area contributed by atoms with Gasteiger partial charge in [-0.05, 0) is 62.4 Å². The van der Waals surface area contributed by atoms with Gasteiger partial charge >= 0.3 is 0 Å². The molecule has 0 aliphatic carbocycles. The topological polar surface area (TPSA) is 76.5 Å². The molecule has 1 fully saturated rings. The molecular formula is C28H36N4O3. The quantitative estimate of drug-likeness (QED) is 0.470. The maximum atomic E-state index is 13.1. The van der Waals surface area contributed by atoms with E-state index in [1.54, 1.807) is 0 Å². The molecule has 0 atom stereocenters. The van der Waals surface area contributed by atoms with Crippen LogP contribution in [0.25, 0.3) is 11.0 Å². The number of hydrogen-bond acceptors (Lipinski definition) is 4. The van der Waals surface area contributed by atoms with Crippen molar-refractivity contribution in [2.24, 2.45) is 0 Å². The number of amides is 2. The lowest BCUT2D eigenvalue weighted by atomic mass is 10.1. The summed E-state index contributed by atoms with van der Waals surface area (Å²) in [6.45, 7) is 6.49. The average Bonchev–Trinajstić information content (AvgIpc) is 3.01. The van der Waals surface area contributed by atoms with Crippen LogP contribution in [0, 0.1) is 13.8 Å². The Labute approximate surface area is 207 Å². The minimum Gasteiger partial charge on any atom is -0.483 e. The SMILES string of the molecule is Cc1ccc(C)c(OCC(=O)NCCCc2nc3ccccc3n2CC(=O)N2CCCCCC2)c1. The summed E-state index contributed by atoms with van der Waals surface area (Å²) in [5, 5.41) is 2.93. The fraction of sp³-hybridized carbons (Fsp3) is 0.464. The summed E-state index contributed by atoms with van der Waals surface area (Å²) < 4.78 is 7.74. The van der Waals surface area contributed by atoms with E-state index >= 15 is 0 Å². The zero-order valence-electron chi connectivity index (χ0n) is 20.9. The number of hydrogen-bond donors (Lipinski definition) is 1. The summed E-state index contributed by atoms with van der Waals surface area (Å²) in [7, 11) is 0. The van der Waals surface area contributed by atoms with Crippen molar-refractivity contribution in [3.8, 4) is 5.75 Å². The van der Waals surface area contributed by atoms with Gasteiger partial charge < -0.3 is 19.5 Å². The van der Waals surface area contributed by atoms with E-state index in [1.807, 2.05) is 65.8 Å². The van der Waals surface area contributed by atoms with Gasteiger partial charge in [0.25, 0.3) is 5.91 Å². The molecule has 2 heterocycles. The Morgan fingerprint density at radius 3 is 2.60 bits per heavy atom. The van der Waals surface area contributed by atoms with Crippen molar-refractivity contribution >= 4 is 22.8 Å². The third kappa shape index (κ3) is 6.62. The fourth-order valence-corrected chi connectivity index (χ4v) is 4.58. The molecule has 7 nitrogen and oxygen atoms in total. The number of nitrogens with zero attached hydrogens (tertiary/aromatic N) is 3. The van der Waals surface area contributed by atoms with Gasteiger partial charge in [0.1, 0.15) is 18.1 Å². The Kier molecular flexibility index (Phi) is 8.40. The molecule has 2 amide bonds. The van der Waals surface area contributed by atoms with Gasteiger partial charge in [0.2, 0.25) is 5.91 Å². The van der Waals surface area contributed by atoms with Gasteiger partial charge in [-0.2, -0.15) is 0 Å². The maximum Gasteiger partial charge on any atom is 0.257 e. The summed E-state index contributed by atoms with van der Waals surface area (Å²) in [5.41, 5.74) is 3.99. The molecule has 0 radical (unpaired) electrons. The van der Waals surface area contributed by atoms with E-state index in [4.69, 9.17) is 9.72 Å². The van der Waals surface area contributed by atoms with E-state index in [9.17, 15) is 9.59 Å². The van der Waals surface area contributed by atoms with Crippen LogP contribution in [0.2, 0.25) is 0 Å². The van der Waals surface area contributed by atoms with Crippen LogP contribution < -0.4 is 10.1 Å². The molecule has 7 heteroatoms. The number of nitrogens with one attached hydrogen (secondary N) is 1. The highest BCUT2D eigenvalue weighted by Gasteiger charge is 2.19. The van der Waals surface area contributed by atoms with Gasteiger partial charge in [-0.15, -0.1) is 0 Å². The van der Waals surface area contributed by atoms with Gasteiger partial charge in [-0.1, -0.05) is 37.1 Å². The lowest BCUT2D eigenvalue weighted by Gasteiger charge is -2.21. The highest BCUT2D eigenvalue weighted by Crippen LogP contribution is 2.20. The lowest BCUT2D eigenvalue weighted by molar-refractivity contribution is -0.131. The Morgan fingerprint density at radius 2 is 1.80 bits per heavy atom. The van der Waals surface area contributed by atoms with Crippen molar-refractivity contribution in [2.45, 2.75) is 58.9 Å². The largest absolute Gasteiger partial charge is 0.483 e. The fourth-order valence-electron chi connectivity index (χ4n) is 4.58. The third-order valence-corrected chi connectivity index (χ3v) is 6.59. The first kappa shape index (κ1) is 24.8. The van der Waals surface area contributed by atoms with Crippen LogP contribution in [0.4, 0.5) is 0 Å². The van der Waals surface area contributed by atoms with Crippen LogP contribution in [0.5, 0.6) is 5.75 Å². The number of fused-ring (bicyclic) bond motifs is 1. The van der Waals surface area contributed by atoms with Crippen molar-refractivity contribution < 1.29 is 14.3 Å². The molecule has 0 spiro atoms. The number of aryl methyl sites for hydroxylation is 3. The van der Waals surface area contributed by atoms with Gasteiger partial charge in [-0.25, -0.2) is 4.98 Å². The number of rotatable bonds is 9. The molecule has 0 unspecified atom stereocenters. The molecular weight excluding hydrogens is 440 g/mol. The van der Waals surface area contributed by atoms with E-state index in [-0.39, 0.29) is 18.4 Å². The van der Waals surface area contributed by atoms with Gasteiger partial charge in [0.05, 0.1) is 11.0 Å². The first-order valence-electron chi connectivity index (χ1n) is 12.7. The number of carbonyl (C=O) groups excluding carboxylic acids is 2. The van der Waals surface area contributed by atoms with Crippen molar-refractivity contribution in [3.05, 3.63) is 59.4 Å². The van der Waals surface area contributed by atoms with Crippen molar-refractivity contribution in [2.75, 3.05) is 26.2 Å². The molecule has 2 aromatic carbocycles. The molecule has 1 aliphatic heterocycles. The molecule has 0 saturated carbocycles. The number of benzene rings is 2. The van der Waals surface area contributed by atoms with E-state index in [0.29, 0.717) is 19.5 Å². The first-order chi connectivity index (χ1) is 17.0. The molecule has 1 saturated heterocycles. The zero-order valence-corrected chi connectivity index (χ0v) is 20.9. The van der Waals surface area contributed by atoms with Crippen LogP contribution in [0.1, 0.15) is 49.1 Å². The van der Waals surface area contributed by atoms with E-state index in [2.05, 4.69) is 5.32 Å². The number of ether oxygens (including phenoxy) is 1. The molecule has 1 aromatic heterocycles. The second kappa shape index (κ2) is 11.9. The summed E-state index contributed by atoms with van der Waals surface area (Å²) in [4.78, 5) is 32.1. The van der Waals surface area contributed by atoms with Crippen LogP contribution in [-0.2, 0) is 22.6 Å².